The molecule has 3 rings (SSSR count). The van der Waals surface area contributed by atoms with Gasteiger partial charge in [0.2, 0.25) is 10.0 Å². The molecule has 166 valence electrons. The lowest BCUT2D eigenvalue weighted by Gasteiger charge is -2.38. The molecule has 1 aliphatic rings. The molecule has 31 heavy (non-hydrogen) atoms. The van der Waals surface area contributed by atoms with Gasteiger partial charge in [-0.15, -0.1) is 13.2 Å². The Hall–Kier alpha value is -2.89. The minimum atomic E-state index is -4.93. The van der Waals surface area contributed by atoms with Gasteiger partial charge in [0.1, 0.15) is 22.7 Å². The molecule has 1 aromatic carbocycles. The standard InChI is InChI=1S/C17H15F3N4O5S2/c1-10-14(8-21)30-16(22-10)23-6-7-24(13(9-23)15(25)26)31(27,28)12-4-2-11(3-5-12)29-17(18,19)20/h2-5,13H,6-7,9H2,1H3,(H,25,26)/t13-/m1/s1. The number of hydrogen-bond donors (Lipinski definition) is 1. The number of carboxylic acid groups (broad SMARTS) is 1. The summed E-state index contributed by atoms with van der Waals surface area (Å²) in [5, 5.41) is 19.1. The van der Waals surface area contributed by atoms with Crippen molar-refractivity contribution in [2.45, 2.75) is 24.2 Å². The van der Waals surface area contributed by atoms with E-state index in [9.17, 15) is 31.5 Å². The Morgan fingerprint density at radius 2 is 1.97 bits per heavy atom. The van der Waals surface area contributed by atoms with E-state index in [1.54, 1.807) is 11.8 Å². The largest absolute Gasteiger partial charge is 0.573 e. The SMILES string of the molecule is Cc1nc(N2CCN(S(=O)(=O)c3ccc(OC(F)(F)F)cc3)[C@@H](C(=O)O)C2)sc1C#N. The summed E-state index contributed by atoms with van der Waals surface area (Å²) < 4.78 is 67.3. The molecule has 1 fully saturated rings. The average molecular weight is 476 g/mol. The first-order valence-electron chi connectivity index (χ1n) is 8.65. The van der Waals surface area contributed by atoms with Crippen LogP contribution in [0.4, 0.5) is 18.3 Å². The number of ether oxygens (including phenoxy) is 1. The van der Waals surface area contributed by atoms with Crippen LogP contribution in [0.15, 0.2) is 29.2 Å². The van der Waals surface area contributed by atoms with Crippen LogP contribution in [-0.4, -0.2) is 60.8 Å². The van der Waals surface area contributed by atoms with Gasteiger partial charge in [-0.3, -0.25) is 4.79 Å². The molecular weight excluding hydrogens is 461 g/mol. The lowest BCUT2D eigenvalue weighted by atomic mass is 10.2. The zero-order valence-corrected chi connectivity index (χ0v) is 17.5. The molecule has 2 aromatic rings. The van der Waals surface area contributed by atoms with E-state index in [2.05, 4.69) is 9.72 Å². The molecule has 0 amide bonds. The highest BCUT2D eigenvalue weighted by Gasteiger charge is 2.41. The van der Waals surface area contributed by atoms with Gasteiger partial charge in [0.15, 0.2) is 5.13 Å². The summed E-state index contributed by atoms with van der Waals surface area (Å²) in [5.74, 6) is -1.99. The number of hydrogen-bond acceptors (Lipinski definition) is 8. The van der Waals surface area contributed by atoms with E-state index in [0.29, 0.717) is 15.7 Å². The minimum Gasteiger partial charge on any atom is -0.480 e. The number of anilines is 1. The van der Waals surface area contributed by atoms with Crippen molar-refractivity contribution in [2.75, 3.05) is 24.5 Å². The van der Waals surface area contributed by atoms with Crippen molar-refractivity contribution < 1.29 is 36.2 Å². The number of carbonyl (C=O) groups is 1. The number of piperazine rings is 1. The van der Waals surface area contributed by atoms with E-state index in [1.807, 2.05) is 6.07 Å². The van der Waals surface area contributed by atoms with Crippen molar-refractivity contribution in [1.29, 1.82) is 5.26 Å². The number of aryl methyl sites for hydroxylation is 1. The predicted molar refractivity (Wildman–Crippen MR) is 102 cm³/mol. The predicted octanol–water partition coefficient (Wildman–Crippen LogP) is 2.19. The quantitative estimate of drug-likeness (QED) is 0.697. The van der Waals surface area contributed by atoms with E-state index in [0.717, 1.165) is 39.9 Å². The van der Waals surface area contributed by atoms with E-state index in [-0.39, 0.29) is 24.5 Å². The zero-order chi connectivity index (χ0) is 23.0. The number of halogens is 3. The van der Waals surface area contributed by atoms with Crippen molar-refractivity contribution in [3.63, 3.8) is 0 Å². The molecule has 1 N–H and O–H groups in total. The normalized spacial score (nSPS) is 17.9. The first kappa shape index (κ1) is 22.8. The van der Waals surface area contributed by atoms with Crippen molar-refractivity contribution in [3.05, 3.63) is 34.8 Å². The molecule has 0 unspecified atom stereocenters. The number of sulfonamides is 1. The van der Waals surface area contributed by atoms with Crippen molar-refractivity contribution in [3.8, 4) is 11.8 Å². The van der Waals surface area contributed by atoms with Crippen molar-refractivity contribution >= 4 is 32.5 Å². The summed E-state index contributed by atoms with van der Waals surface area (Å²) in [4.78, 5) is 17.6. The maximum atomic E-state index is 13.0. The van der Waals surface area contributed by atoms with Gasteiger partial charge in [0, 0.05) is 19.6 Å². The number of nitriles is 1. The van der Waals surface area contributed by atoms with E-state index >= 15 is 0 Å². The van der Waals surface area contributed by atoms with Crippen LogP contribution in [-0.2, 0) is 14.8 Å². The summed E-state index contributed by atoms with van der Waals surface area (Å²) in [5.41, 5.74) is 0.491. The van der Waals surface area contributed by atoms with Gasteiger partial charge in [0.05, 0.1) is 10.6 Å². The molecule has 1 aromatic heterocycles. The zero-order valence-electron chi connectivity index (χ0n) is 15.8. The number of aliphatic carboxylic acids is 1. The lowest BCUT2D eigenvalue weighted by molar-refractivity contribution is -0.274. The number of thiazole rings is 1. The molecule has 0 saturated carbocycles. The smallest absolute Gasteiger partial charge is 0.480 e. The topological polar surface area (TPSA) is 124 Å². The third-order valence-electron chi connectivity index (χ3n) is 4.44. The van der Waals surface area contributed by atoms with Gasteiger partial charge >= 0.3 is 12.3 Å². The van der Waals surface area contributed by atoms with E-state index < -0.39 is 34.1 Å². The van der Waals surface area contributed by atoms with Crippen LogP contribution in [0.2, 0.25) is 0 Å². The molecule has 1 saturated heterocycles. The number of benzene rings is 1. The second-order valence-corrected chi connectivity index (χ2v) is 9.33. The summed E-state index contributed by atoms with van der Waals surface area (Å²) in [6, 6.07) is 4.06. The Kier molecular flexibility index (Phi) is 6.12. The minimum absolute atomic E-state index is 0.121. The number of alkyl halides is 3. The Labute approximate surface area is 179 Å². The van der Waals surface area contributed by atoms with Crippen LogP contribution in [0.3, 0.4) is 0 Å². The number of nitrogens with zero attached hydrogens (tertiary/aromatic N) is 4. The van der Waals surface area contributed by atoms with Crippen LogP contribution in [0.25, 0.3) is 0 Å². The highest BCUT2D eigenvalue weighted by Crippen LogP contribution is 2.30. The van der Waals surface area contributed by atoms with Crippen molar-refractivity contribution in [2.24, 2.45) is 0 Å². The van der Waals surface area contributed by atoms with Crippen molar-refractivity contribution in [1.82, 2.24) is 9.29 Å². The lowest BCUT2D eigenvalue weighted by Crippen LogP contribution is -2.58. The molecule has 0 aliphatic carbocycles. The number of carboxylic acids is 1. The van der Waals surface area contributed by atoms with Gasteiger partial charge in [-0.05, 0) is 31.2 Å². The van der Waals surface area contributed by atoms with Gasteiger partial charge in [-0.25, -0.2) is 13.4 Å². The molecule has 2 heterocycles. The molecular formula is C17H15F3N4O5S2. The maximum Gasteiger partial charge on any atom is 0.573 e. The van der Waals surface area contributed by atoms with Gasteiger partial charge < -0.3 is 14.7 Å². The molecule has 0 bridgehead atoms. The number of rotatable bonds is 5. The Morgan fingerprint density at radius 1 is 1.32 bits per heavy atom. The molecule has 0 spiro atoms. The Bertz CT molecular complexity index is 1130. The Balaban J connectivity index is 1.84. The second kappa shape index (κ2) is 8.33. The summed E-state index contributed by atoms with van der Waals surface area (Å²) in [7, 11) is -4.31. The Morgan fingerprint density at radius 3 is 2.48 bits per heavy atom. The summed E-state index contributed by atoms with van der Waals surface area (Å²) >= 11 is 1.08. The fraction of sp³-hybridized carbons (Fsp3) is 0.353. The summed E-state index contributed by atoms with van der Waals surface area (Å²) in [6.07, 6.45) is -4.93. The van der Waals surface area contributed by atoms with Gasteiger partial charge in [0.25, 0.3) is 0 Å². The third-order valence-corrected chi connectivity index (χ3v) is 7.48. The molecule has 9 nitrogen and oxygen atoms in total. The molecule has 14 heteroatoms. The fourth-order valence-corrected chi connectivity index (χ4v) is 5.46. The average Bonchev–Trinajstić information content (AvgIpc) is 3.07. The second-order valence-electron chi connectivity index (χ2n) is 6.46. The van der Waals surface area contributed by atoms with E-state index in [1.165, 1.54) is 0 Å². The van der Waals surface area contributed by atoms with Gasteiger partial charge in [-0.2, -0.15) is 9.57 Å². The molecule has 1 aliphatic heterocycles. The van der Waals surface area contributed by atoms with Gasteiger partial charge in [-0.1, -0.05) is 11.3 Å². The first-order chi connectivity index (χ1) is 14.4. The van der Waals surface area contributed by atoms with Crippen LogP contribution >= 0.6 is 11.3 Å². The highest BCUT2D eigenvalue weighted by molar-refractivity contribution is 7.89. The monoisotopic (exact) mass is 476 g/mol. The van der Waals surface area contributed by atoms with Crippen LogP contribution in [0.5, 0.6) is 5.75 Å². The summed E-state index contributed by atoms with van der Waals surface area (Å²) in [6.45, 7) is 1.36. The van der Waals surface area contributed by atoms with Crippen LogP contribution in [0, 0.1) is 18.3 Å². The molecule has 0 radical (unpaired) electrons. The first-order valence-corrected chi connectivity index (χ1v) is 10.9. The highest BCUT2D eigenvalue weighted by atomic mass is 32.2. The van der Waals surface area contributed by atoms with Crippen LogP contribution in [0.1, 0.15) is 10.6 Å². The number of aromatic nitrogens is 1. The van der Waals surface area contributed by atoms with Crippen LogP contribution < -0.4 is 9.64 Å². The van der Waals surface area contributed by atoms with E-state index in [4.69, 9.17) is 5.26 Å². The molecule has 1 atom stereocenters. The third kappa shape index (κ3) is 4.89. The fourth-order valence-electron chi connectivity index (χ4n) is 3.00. The maximum absolute atomic E-state index is 13.0.